The Morgan fingerprint density at radius 2 is 2.07 bits per heavy atom. The molecule has 5 heteroatoms. The number of hydrogen-bond acceptors (Lipinski definition) is 4. The van der Waals surface area contributed by atoms with Crippen molar-refractivity contribution in [2.75, 3.05) is 0 Å². The van der Waals surface area contributed by atoms with Gasteiger partial charge >= 0.3 is 5.97 Å². The first-order chi connectivity index (χ1) is 6.30. The van der Waals surface area contributed by atoms with E-state index >= 15 is 0 Å². The van der Waals surface area contributed by atoms with E-state index in [2.05, 4.69) is 0 Å². The monoisotopic (exact) mass is 220 g/mol. The van der Waals surface area contributed by atoms with Crippen LogP contribution in [-0.4, -0.2) is 23.6 Å². The van der Waals surface area contributed by atoms with E-state index in [1.54, 1.807) is 0 Å². The van der Waals surface area contributed by atoms with Crippen molar-refractivity contribution < 1.29 is 19.1 Å². The van der Waals surface area contributed by atoms with Gasteiger partial charge < -0.3 is 9.47 Å². The van der Waals surface area contributed by atoms with Gasteiger partial charge in [-0.2, -0.15) is 0 Å². The molecule has 0 aromatic rings. The Morgan fingerprint density at radius 1 is 1.50 bits per heavy atom. The molecule has 14 heavy (non-hydrogen) atoms. The molecule has 1 aliphatic rings. The standard InChI is InChI=1S/C9H13ClO4/c1-9(2,3)8-13-5(4-6(10)11)7(12)14-8/h5,8H,4H2,1-3H3/t5-,8-/m0/s1. The van der Waals surface area contributed by atoms with E-state index in [4.69, 9.17) is 21.1 Å². The second kappa shape index (κ2) is 3.87. The summed E-state index contributed by atoms with van der Waals surface area (Å²) in [6.45, 7) is 5.65. The number of halogens is 1. The van der Waals surface area contributed by atoms with Crippen LogP contribution in [0.4, 0.5) is 0 Å². The summed E-state index contributed by atoms with van der Waals surface area (Å²) in [5.74, 6) is -0.515. The van der Waals surface area contributed by atoms with Crippen molar-refractivity contribution in [3.05, 3.63) is 0 Å². The predicted octanol–water partition coefficient (Wildman–Crippen LogP) is 1.46. The van der Waals surface area contributed by atoms with Crippen LogP contribution in [0.1, 0.15) is 27.2 Å². The SMILES string of the molecule is CC(C)(C)[C@@H]1OC(=O)[C@H](CC(=O)Cl)O1. The van der Waals surface area contributed by atoms with E-state index in [1.807, 2.05) is 20.8 Å². The molecule has 1 aliphatic heterocycles. The lowest BCUT2D eigenvalue weighted by molar-refractivity contribution is -0.154. The fourth-order valence-corrected chi connectivity index (χ4v) is 1.21. The second-order valence-corrected chi connectivity index (χ2v) is 4.74. The van der Waals surface area contributed by atoms with Gasteiger partial charge in [0.15, 0.2) is 6.10 Å². The summed E-state index contributed by atoms with van der Waals surface area (Å²) in [4.78, 5) is 21.8. The largest absolute Gasteiger partial charge is 0.433 e. The van der Waals surface area contributed by atoms with Gasteiger partial charge in [-0.05, 0) is 11.6 Å². The van der Waals surface area contributed by atoms with Crippen LogP contribution in [0.15, 0.2) is 0 Å². The molecule has 1 heterocycles. The average Bonchev–Trinajstić information content (AvgIpc) is 2.30. The summed E-state index contributed by atoms with van der Waals surface area (Å²) < 4.78 is 10.2. The summed E-state index contributed by atoms with van der Waals surface area (Å²) >= 11 is 5.16. The average molecular weight is 221 g/mol. The number of esters is 1. The molecule has 0 radical (unpaired) electrons. The molecular weight excluding hydrogens is 208 g/mol. The van der Waals surface area contributed by atoms with Crippen molar-refractivity contribution >= 4 is 22.8 Å². The maximum atomic E-state index is 11.2. The van der Waals surface area contributed by atoms with Crippen LogP contribution >= 0.6 is 11.6 Å². The Labute approximate surface area is 87.5 Å². The maximum absolute atomic E-state index is 11.2. The zero-order chi connectivity index (χ0) is 10.9. The second-order valence-electron chi connectivity index (χ2n) is 4.32. The Balaban J connectivity index is 2.60. The lowest BCUT2D eigenvalue weighted by Crippen LogP contribution is -2.27. The molecule has 2 atom stereocenters. The van der Waals surface area contributed by atoms with Gasteiger partial charge in [0, 0.05) is 5.41 Å². The topological polar surface area (TPSA) is 52.6 Å². The zero-order valence-corrected chi connectivity index (χ0v) is 9.13. The summed E-state index contributed by atoms with van der Waals surface area (Å²) in [6, 6.07) is 0. The third-order valence-electron chi connectivity index (χ3n) is 1.83. The van der Waals surface area contributed by atoms with E-state index in [-0.39, 0.29) is 11.8 Å². The highest BCUT2D eigenvalue weighted by Gasteiger charge is 2.42. The van der Waals surface area contributed by atoms with Gasteiger partial charge in [-0.25, -0.2) is 4.79 Å². The van der Waals surface area contributed by atoms with Crippen LogP contribution in [0, 0.1) is 5.41 Å². The third-order valence-corrected chi connectivity index (χ3v) is 1.98. The molecule has 0 saturated carbocycles. The number of carbonyl (C=O) groups excluding carboxylic acids is 2. The van der Waals surface area contributed by atoms with Crippen molar-refractivity contribution in [3.8, 4) is 0 Å². The molecule has 0 aromatic heterocycles. The summed E-state index contributed by atoms with van der Waals surface area (Å²) in [7, 11) is 0. The fraction of sp³-hybridized carbons (Fsp3) is 0.778. The summed E-state index contributed by atoms with van der Waals surface area (Å²) in [5.41, 5.74) is -0.292. The van der Waals surface area contributed by atoms with Crippen LogP contribution in [0.3, 0.4) is 0 Å². The van der Waals surface area contributed by atoms with Gasteiger partial charge in [-0.3, -0.25) is 4.79 Å². The molecule has 1 saturated heterocycles. The summed E-state index contributed by atoms with van der Waals surface area (Å²) in [5, 5.41) is -0.596. The van der Waals surface area contributed by atoms with Crippen LogP contribution in [-0.2, 0) is 19.1 Å². The molecular formula is C9H13ClO4. The lowest BCUT2D eigenvalue weighted by atomic mass is 9.96. The molecule has 1 fully saturated rings. The fourth-order valence-electron chi connectivity index (χ4n) is 1.07. The molecule has 0 spiro atoms. The normalized spacial score (nSPS) is 27.6. The van der Waals surface area contributed by atoms with Gasteiger partial charge in [0.05, 0.1) is 6.42 Å². The van der Waals surface area contributed by atoms with Crippen molar-refractivity contribution in [1.82, 2.24) is 0 Å². The van der Waals surface area contributed by atoms with Gasteiger partial charge in [0.25, 0.3) is 0 Å². The molecule has 1 rings (SSSR count). The van der Waals surface area contributed by atoms with Gasteiger partial charge in [-0.1, -0.05) is 20.8 Å². The maximum Gasteiger partial charge on any atom is 0.338 e. The van der Waals surface area contributed by atoms with E-state index in [9.17, 15) is 9.59 Å². The minimum Gasteiger partial charge on any atom is -0.433 e. The van der Waals surface area contributed by atoms with Crippen LogP contribution in [0.5, 0.6) is 0 Å². The van der Waals surface area contributed by atoms with Gasteiger partial charge in [-0.15, -0.1) is 0 Å². The third kappa shape index (κ3) is 2.69. The molecule has 0 amide bonds. The van der Waals surface area contributed by atoms with E-state index in [0.717, 1.165) is 0 Å². The van der Waals surface area contributed by atoms with E-state index < -0.39 is 23.6 Å². The minimum absolute atomic E-state index is 0.132. The van der Waals surface area contributed by atoms with Gasteiger partial charge in [0.1, 0.15) is 0 Å². The molecule has 0 bridgehead atoms. The number of cyclic esters (lactones) is 1. The van der Waals surface area contributed by atoms with E-state index in [0.29, 0.717) is 0 Å². The lowest BCUT2D eigenvalue weighted by Gasteiger charge is -2.23. The quantitative estimate of drug-likeness (QED) is 0.522. The van der Waals surface area contributed by atoms with Crippen molar-refractivity contribution in [3.63, 3.8) is 0 Å². The highest BCUT2D eigenvalue weighted by atomic mass is 35.5. The summed E-state index contributed by atoms with van der Waals surface area (Å²) in [6.07, 6.45) is -1.58. The van der Waals surface area contributed by atoms with Crippen LogP contribution < -0.4 is 0 Å². The van der Waals surface area contributed by atoms with Gasteiger partial charge in [0.2, 0.25) is 11.5 Å². The predicted molar refractivity (Wildman–Crippen MR) is 49.7 cm³/mol. The Hall–Kier alpha value is -0.610. The van der Waals surface area contributed by atoms with E-state index in [1.165, 1.54) is 0 Å². The van der Waals surface area contributed by atoms with Crippen molar-refractivity contribution in [2.24, 2.45) is 5.41 Å². The van der Waals surface area contributed by atoms with Crippen molar-refractivity contribution in [1.29, 1.82) is 0 Å². The first-order valence-electron chi connectivity index (χ1n) is 4.35. The Morgan fingerprint density at radius 3 is 2.43 bits per heavy atom. The van der Waals surface area contributed by atoms with Crippen molar-refractivity contribution in [2.45, 2.75) is 39.6 Å². The number of hydrogen-bond donors (Lipinski definition) is 0. The number of rotatable bonds is 2. The highest BCUT2D eigenvalue weighted by molar-refractivity contribution is 6.63. The highest BCUT2D eigenvalue weighted by Crippen LogP contribution is 2.30. The molecule has 0 unspecified atom stereocenters. The molecule has 0 aliphatic carbocycles. The van der Waals surface area contributed by atoms with Crippen LogP contribution in [0.25, 0.3) is 0 Å². The van der Waals surface area contributed by atoms with Crippen LogP contribution in [0.2, 0.25) is 0 Å². The number of ether oxygens (including phenoxy) is 2. The molecule has 0 N–H and O–H groups in total. The number of carbonyl (C=O) groups is 2. The first-order valence-corrected chi connectivity index (χ1v) is 4.73. The Bertz CT molecular complexity index is 256. The smallest absolute Gasteiger partial charge is 0.338 e. The zero-order valence-electron chi connectivity index (χ0n) is 8.37. The minimum atomic E-state index is -0.843. The Kier molecular flexibility index (Phi) is 3.17. The molecule has 4 nitrogen and oxygen atoms in total. The molecule has 0 aromatic carbocycles. The molecule has 80 valence electrons. The first kappa shape index (κ1) is 11.5.